The van der Waals surface area contributed by atoms with Crippen molar-refractivity contribution in [3.05, 3.63) is 94.0 Å². The van der Waals surface area contributed by atoms with Gasteiger partial charge in [0, 0.05) is 0 Å². The Morgan fingerprint density at radius 1 is 0.881 bits per heavy atom. The van der Waals surface area contributed by atoms with E-state index < -0.39 is 9.84 Å². The van der Waals surface area contributed by atoms with Crippen LogP contribution in [0, 0.1) is 11.8 Å². The molecule has 0 spiro atoms. The van der Waals surface area contributed by atoms with E-state index in [9.17, 15) is 13.2 Å². The van der Waals surface area contributed by atoms with Crippen molar-refractivity contribution in [1.29, 1.82) is 0 Å². The monoisotopic (exact) mass is 584 g/mol. The predicted octanol–water partition coefficient (Wildman–Crippen LogP) is 6.39. The predicted molar refractivity (Wildman–Crippen MR) is 167 cm³/mol. The number of rotatable bonds is 9. The smallest absolute Gasteiger partial charge is 0.307 e. The lowest BCUT2D eigenvalue weighted by molar-refractivity contribution is -0.140. The van der Waals surface area contributed by atoms with E-state index in [1.54, 1.807) is 6.92 Å². The molecule has 42 heavy (non-hydrogen) atoms. The van der Waals surface area contributed by atoms with Gasteiger partial charge in [-0.05, 0) is 96.4 Å². The SMILES string of the molecule is CC#C[C@@H](CC(=O)OC)c1ccc(CCc2ccc3c(c2)-c2ccc(COC4CCS(=O)(=O)CC4)cc2CCC3)cc1. The summed E-state index contributed by atoms with van der Waals surface area (Å²) in [5, 5.41) is 0. The molecule has 0 aromatic heterocycles. The highest BCUT2D eigenvalue weighted by Gasteiger charge is 2.24. The summed E-state index contributed by atoms with van der Waals surface area (Å²) in [6.07, 6.45) is 6.59. The Balaban J connectivity index is 1.24. The molecule has 1 atom stereocenters. The highest BCUT2D eigenvalue weighted by atomic mass is 32.2. The van der Waals surface area contributed by atoms with Gasteiger partial charge in [-0.25, -0.2) is 8.42 Å². The molecule has 1 heterocycles. The first-order chi connectivity index (χ1) is 20.3. The summed E-state index contributed by atoms with van der Waals surface area (Å²) in [7, 11) is -1.47. The molecule has 0 N–H and O–H groups in total. The summed E-state index contributed by atoms with van der Waals surface area (Å²) in [5.41, 5.74) is 10.2. The lowest BCUT2D eigenvalue weighted by Crippen LogP contribution is -2.28. The van der Waals surface area contributed by atoms with Crippen LogP contribution in [-0.4, -0.2) is 39.1 Å². The summed E-state index contributed by atoms with van der Waals surface area (Å²) in [4.78, 5) is 11.8. The maximum absolute atomic E-state index is 11.8. The standard InChI is InChI=1S/C36H40O5S/c1-3-5-31(24-36(37)40-2)29-14-10-26(11-15-29)8-9-27-12-16-30-6-4-7-32-22-28(13-17-34(32)35(30)23-27)25-41-33-18-20-42(38,39)21-19-33/h10-17,22-23,31,33H,4,6-9,18-21,24-25H2,1-2H3/t31-/m0/s1. The third-order valence-corrected chi connectivity index (χ3v) is 10.2. The molecule has 220 valence electrons. The van der Waals surface area contributed by atoms with Crippen molar-refractivity contribution in [2.45, 2.75) is 76.9 Å². The molecule has 0 bridgehead atoms. The molecule has 1 aliphatic carbocycles. The summed E-state index contributed by atoms with van der Waals surface area (Å²) in [6, 6.07) is 22.1. The molecular weight excluding hydrogens is 544 g/mol. The van der Waals surface area contributed by atoms with Crippen LogP contribution in [0.3, 0.4) is 0 Å². The molecule has 0 amide bonds. The summed E-state index contributed by atoms with van der Waals surface area (Å²) in [6.45, 7) is 2.32. The highest BCUT2D eigenvalue weighted by molar-refractivity contribution is 7.91. The van der Waals surface area contributed by atoms with Gasteiger partial charge in [-0.2, -0.15) is 0 Å². The van der Waals surface area contributed by atoms with Crippen molar-refractivity contribution in [2.24, 2.45) is 0 Å². The van der Waals surface area contributed by atoms with Crippen LogP contribution in [0.15, 0.2) is 60.7 Å². The second kappa shape index (κ2) is 13.7. The van der Waals surface area contributed by atoms with E-state index in [1.807, 2.05) is 0 Å². The molecule has 5 rings (SSSR count). The van der Waals surface area contributed by atoms with Crippen LogP contribution in [0.4, 0.5) is 0 Å². The minimum absolute atomic E-state index is 0.0260. The molecule has 2 aliphatic rings. The van der Waals surface area contributed by atoms with Crippen molar-refractivity contribution in [2.75, 3.05) is 18.6 Å². The van der Waals surface area contributed by atoms with Gasteiger partial charge in [0.1, 0.15) is 0 Å². The molecular formula is C36H40O5S. The Labute approximate surface area is 250 Å². The van der Waals surface area contributed by atoms with Gasteiger partial charge >= 0.3 is 5.97 Å². The average Bonchev–Trinajstić information content (AvgIpc) is 3.18. The van der Waals surface area contributed by atoms with Gasteiger partial charge < -0.3 is 9.47 Å². The number of benzene rings is 3. The van der Waals surface area contributed by atoms with Crippen molar-refractivity contribution in [3.63, 3.8) is 0 Å². The fourth-order valence-electron chi connectivity index (χ4n) is 6.05. The third-order valence-electron chi connectivity index (χ3n) is 8.52. The number of aryl methyl sites for hydroxylation is 4. The number of sulfone groups is 1. The summed E-state index contributed by atoms with van der Waals surface area (Å²) in [5.74, 6) is 6.14. The largest absolute Gasteiger partial charge is 0.469 e. The number of ether oxygens (including phenoxy) is 2. The van der Waals surface area contributed by atoms with Gasteiger partial charge in [-0.15, -0.1) is 5.92 Å². The molecule has 5 nitrogen and oxygen atoms in total. The maximum atomic E-state index is 11.8. The minimum Gasteiger partial charge on any atom is -0.469 e. The van der Waals surface area contributed by atoms with Gasteiger partial charge in [0.05, 0.1) is 43.7 Å². The zero-order chi connectivity index (χ0) is 29.5. The molecule has 3 aromatic carbocycles. The topological polar surface area (TPSA) is 69.7 Å². The Morgan fingerprint density at radius 3 is 2.31 bits per heavy atom. The van der Waals surface area contributed by atoms with E-state index in [0.717, 1.165) is 43.2 Å². The van der Waals surface area contributed by atoms with Crippen LogP contribution >= 0.6 is 0 Å². The lowest BCUT2D eigenvalue weighted by atomic mass is 9.91. The van der Waals surface area contributed by atoms with Crippen molar-refractivity contribution < 1.29 is 22.7 Å². The molecule has 3 aromatic rings. The number of hydrogen-bond acceptors (Lipinski definition) is 5. The second-order valence-corrected chi connectivity index (χ2v) is 13.8. The van der Waals surface area contributed by atoms with Crippen LogP contribution in [-0.2, 0) is 56.4 Å². The molecule has 1 aliphatic heterocycles. The zero-order valence-corrected chi connectivity index (χ0v) is 25.5. The minimum atomic E-state index is -2.88. The van der Waals surface area contributed by atoms with Gasteiger partial charge in [-0.3, -0.25) is 4.79 Å². The number of fused-ring (bicyclic) bond motifs is 3. The third kappa shape index (κ3) is 7.70. The van der Waals surface area contributed by atoms with E-state index in [0.29, 0.717) is 19.4 Å². The van der Waals surface area contributed by atoms with Crippen LogP contribution in [0.25, 0.3) is 11.1 Å². The van der Waals surface area contributed by atoms with Gasteiger partial charge in [0.15, 0.2) is 9.84 Å². The van der Waals surface area contributed by atoms with E-state index in [-0.39, 0.29) is 35.9 Å². The quantitative estimate of drug-likeness (QED) is 0.215. The van der Waals surface area contributed by atoms with Crippen LogP contribution in [0.2, 0.25) is 0 Å². The number of methoxy groups -OCH3 is 1. The van der Waals surface area contributed by atoms with Crippen LogP contribution in [0.1, 0.15) is 71.9 Å². The summed E-state index contributed by atoms with van der Waals surface area (Å²) < 4.78 is 34.4. The molecule has 1 saturated heterocycles. The van der Waals surface area contributed by atoms with Crippen LogP contribution < -0.4 is 0 Å². The van der Waals surface area contributed by atoms with Gasteiger partial charge in [0.25, 0.3) is 0 Å². The Bertz CT molecular complexity index is 1560. The first-order valence-electron chi connectivity index (χ1n) is 15.0. The fourth-order valence-corrected chi connectivity index (χ4v) is 7.50. The Kier molecular flexibility index (Phi) is 9.82. The van der Waals surface area contributed by atoms with Crippen molar-refractivity contribution in [1.82, 2.24) is 0 Å². The highest BCUT2D eigenvalue weighted by Crippen LogP contribution is 2.34. The number of esters is 1. The fraction of sp³-hybridized carbons (Fsp3) is 0.417. The first-order valence-corrected chi connectivity index (χ1v) is 16.8. The number of carbonyl (C=O) groups excluding carboxylic acids is 1. The van der Waals surface area contributed by atoms with Crippen molar-refractivity contribution in [3.8, 4) is 23.0 Å². The van der Waals surface area contributed by atoms with E-state index >= 15 is 0 Å². The van der Waals surface area contributed by atoms with E-state index in [4.69, 9.17) is 9.47 Å². The van der Waals surface area contributed by atoms with Crippen molar-refractivity contribution >= 4 is 15.8 Å². The second-order valence-electron chi connectivity index (χ2n) is 11.5. The number of carbonyl (C=O) groups is 1. The van der Waals surface area contributed by atoms with Crippen LogP contribution in [0.5, 0.6) is 0 Å². The van der Waals surface area contributed by atoms with E-state index in [2.05, 4.69) is 72.5 Å². The number of hydrogen-bond donors (Lipinski definition) is 0. The van der Waals surface area contributed by atoms with Gasteiger partial charge in [-0.1, -0.05) is 66.6 Å². The lowest BCUT2D eigenvalue weighted by Gasteiger charge is -2.22. The zero-order valence-electron chi connectivity index (χ0n) is 24.7. The normalized spacial score (nSPS) is 16.7. The molecule has 6 heteroatoms. The molecule has 1 fully saturated rings. The Morgan fingerprint density at radius 2 is 1.57 bits per heavy atom. The molecule has 0 saturated carbocycles. The maximum Gasteiger partial charge on any atom is 0.307 e. The molecule has 0 radical (unpaired) electrons. The van der Waals surface area contributed by atoms with Gasteiger partial charge in [0.2, 0.25) is 0 Å². The average molecular weight is 585 g/mol. The Hall–Kier alpha value is -3.40. The summed E-state index contributed by atoms with van der Waals surface area (Å²) >= 11 is 0. The molecule has 0 unspecified atom stereocenters. The first kappa shape index (κ1) is 30.1. The van der Waals surface area contributed by atoms with E-state index in [1.165, 1.54) is 40.5 Å².